The highest BCUT2D eigenvalue weighted by Crippen LogP contribution is 2.13. The predicted molar refractivity (Wildman–Crippen MR) is 93.3 cm³/mol. The minimum absolute atomic E-state index is 0.129. The van der Waals surface area contributed by atoms with E-state index in [1.165, 1.54) is 0 Å². The van der Waals surface area contributed by atoms with Gasteiger partial charge in [0, 0.05) is 43.3 Å². The molecule has 3 rings (SSSR count). The third-order valence-corrected chi connectivity index (χ3v) is 4.06. The fourth-order valence-corrected chi connectivity index (χ4v) is 2.66. The topological polar surface area (TPSA) is 93.4 Å². The lowest BCUT2D eigenvalue weighted by Crippen LogP contribution is -2.29. The first-order valence-corrected chi connectivity index (χ1v) is 8.35. The van der Waals surface area contributed by atoms with Crippen molar-refractivity contribution in [3.8, 4) is 0 Å². The Bertz CT molecular complexity index is 816. The third kappa shape index (κ3) is 3.96. The highest BCUT2D eigenvalue weighted by molar-refractivity contribution is 5.92. The fourth-order valence-electron chi connectivity index (χ4n) is 2.66. The molecule has 0 aromatic carbocycles. The Morgan fingerprint density at radius 2 is 2.12 bits per heavy atom. The summed E-state index contributed by atoms with van der Waals surface area (Å²) in [7, 11) is 0. The van der Waals surface area contributed by atoms with Crippen LogP contribution in [-0.2, 0) is 6.54 Å². The number of nitrogens with one attached hydrogen (secondary N) is 2. The maximum absolute atomic E-state index is 12.3. The Labute approximate surface area is 146 Å². The van der Waals surface area contributed by atoms with Gasteiger partial charge in [0.15, 0.2) is 0 Å². The summed E-state index contributed by atoms with van der Waals surface area (Å²) in [6.45, 7) is 7.35. The quantitative estimate of drug-likeness (QED) is 0.687. The van der Waals surface area contributed by atoms with Gasteiger partial charge in [-0.2, -0.15) is 5.10 Å². The van der Waals surface area contributed by atoms with Crippen LogP contribution < -0.4 is 5.32 Å². The second kappa shape index (κ2) is 7.33. The van der Waals surface area contributed by atoms with Crippen LogP contribution in [0.5, 0.6) is 0 Å². The molecule has 3 aromatic rings. The van der Waals surface area contributed by atoms with Gasteiger partial charge in [-0.15, -0.1) is 0 Å². The molecule has 0 aliphatic carbocycles. The molecule has 3 aromatic heterocycles. The highest BCUT2D eigenvalue weighted by atomic mass is 16.1. The van der Waals surface area contributed by atoms with E-state index in [1.807, 2.05) is 23.9 Å². The third-order valence-electron chi connectivity index (χ3n) is 4.06. The number of rotatable bonds is 7. The number of amides is 1. The van der Waals surface area contributed by atoms with E-state index < -0.39 is 0 Å². The Kier molecular flexibility index (Phi) is 4.97. The van der Waals surface area contributed by atoms with Crippen LogP contribution in [0.25, 0.3) is 0 Å². The van der Waals surface area contributed by atoms with Crippen LogP contribution in [0.3, 0.4) is 0 Å². The largest absolute Gasteiger partial charge is 0.349 e. The number of carbonyl (C=O) groups excluding carboxylic acids is 1. The molecule has 0 saturated carbocycles. The van der Waals surface area contributed by atoms with Crippen LogP contribution in [0, 0.1) is 0 Å². The van der Waals surface area contributed by atoms with E-state index >= 15 is 0 Å². The summed E-state index contributed by atoms with van der Waals surface area (Å²) >= 11 is 0. The summed E-state index contributed by atoms with van der Waals surface area (Å²) in [5.41, 5.74) is 1.26. The van der Waals surface area contributed by atoms with Crippen molar-refractivity contribution in [2.75, 3.05) is 6.54 Å². The Balaban J connectivity index is 1.59. The van der Waals surface area contributed by atoms with E-state index in [0.29, 0.717) is 24.7 Å². The van der Waals surface area contributed by atoms with Crippen LogP contribution in [0.4, 0.5) is 0 Å². The van der Waals surface area contributed by atoms with Crippen LogP contribution in [0.1, 0.15) is 54.7 Å². The highest BCUT2D eigenvalue weighted by Gasteiger charge is 2.14. The zero-order valence-corrected chi connectivity index (χ0v) is 14.7. The molecule has 0 unspecified atom stereocenters. The van der Waals surface area contributed by atoms with Crippen molar-refractivity contribution >= 4 is 5.91 Å². The monoisotopic (exact) mass is 341 g/mol. The first-order chi connectivity index (χ1) is 12.0. The van der Waals surface area contributed by atoms with E-state index in [1.54, 1.807) is 24.8 Å². The van der Waals surface area contributed by atoms with Gasteiger partial charge in [-0.25, -0.2) is 9.97 Å². The van der Waals surface area contributed by atoms with Gasteiger partial charge < -0.3 is 14.5 Å². The normalized spacial score (nSPS) is 12.5. The number of aromatic nitrogens is 6. The molecular weight excluding hydrogens is 318 g/mol. The number of aromatic amines is 1. The molecule has 0 radical (unpaired) electrons. The Morgan fingerprint density at radius 3 is 2.84 bits per heavy atom. The Hall–Kier alpha value is -2.90. The molecule has 25 heavy (non-hydrogen) atoms. The van der Waals surface area contributed by atoms with Crippen molar-refractivity contribution < 1.29 is 4.79 Å². The molecule has 8 heteroatoms. The van der Waals surface area contributed by atoms with Crippen molar-refractivity contribution in [1.29, 1.82) is 0 Å². The second-order valence-corrected chi connectivity index (χ2v) is 6.42. The van der Waals surface area contributed by atoms with Gasteiger partial charge in [0.1, 0.15) is 11.5 Å². The summed E-state index contributed by atoms with van der Waals surface area (Å²) in [5.74, 6) is 1.16. The summed E-state index contributed by atoms with van der Waals surface area (Å²) in [4.78, 5) is 20.7. The lowest BCUT2D eigenvalue weighted by atomic mass is 10.2. The molecule has 0 aliphatic rings. The van der Waals surface area contributed by atoms with E-state index in [-0.39, 0.29) is 11.9 Å². The van der Waals surface area contributed by atoms with Crippen LogP contribution >= 0.6 is 0 Å². The van der Waals surface area contributed by atoms with Gasteiger partial charge in [0.25, 0.3) is 5.91 Å². The zero-order chi connectivity index (χ0) is 17.8. The summed E-state index contributed by atoms with van der Waals surface area (Å²) in [6.07, 6.45) is 9.06. The van der Waals surface area contributed by atoms with Gasteiger partial charge in [0.05, 0.1) is 18.6 Å². The van der Waals surface area contributed by atoms with E-state index in [9.17, 15) is 4.79 Å². The van der Waals surface area contributed by atoms with E-state index in [2.05, 4.69) is 43.9 Å². The minimum atomic E-state index is -0.191. The number of hydrogen-bond donors (Lipinski definition) is 2. The molecule has 2 N–H and O–H groups in total. The van der Waals surface area contributed by atoms with Crippen molar-refractivity contribution in [1.82, 2.24) is 34.6 Å². The second-order valence-electron chi connectivity index (χ2n) is 6.42. The number of imidazole rings is 2. The lowest BCUT2D eigenvalue weighted by Gasteiger charge is -2.13. The first-order valence-electron chi connectivity index (χ1n) is 8.35. The van der Waals surface area contributed by atoms with Crippen molar-refractivity contribution in [2.45, 2.75) is 39.3 Å². The van der Waals surface area contributed by atoms with Crippen molar-refractivity contribution in [3.05, 3.63) is 54.4 Å². The number of nitrogens with zero attached hydrogens (tertiary/aromatic N) is 5. The average Bonchev–Trinajstić information content (AvgIpc) is 3.33. The summed E-state index contributed by atoms with van der Waals surface area (Å²) < 4.78 is 4.00. The zero-order valence-electron chi connectivity index (χ0n) is 14.7. The summed E-state index contributed by atoms with van der Waals surface area (Å²) in [6, 6.07) is 1.91. The predicted octanol–water partition coefficient (Wildman–Crippen LogP) is 1.97. The maximum Gasteiger partial charge on any atom is 0.271 e. The molecule has 1 amide bonds. The van der Waals surface area contributed by atoms with E-state index in [4.69, 9.17) is 0 Å². The molecule has 0 fully saturated rings. The Morgan fingerprint density at radius 1 is 1.28 bits per heavy atom. The van der Waals surface area contributed by atoms with Gasteiger partial charge in [-0.1, -0.05) is 13.8 Å². The SMILES string of the molecule is CC(C)c1nccn1Cc1cc(C(=O)NC[C@@H](C)n2ccnc2)n[nH]1. The molecule has 132 valence electrons. The van der Waals surface area contributed by atoms with Crippen LogP contribution in [0.15, 0.2) is 37.2 Å². The van der Waals surface area contributed by atoms with E-state index in [0.717, 1.165) is 11.5 Å². The molecule has 0 bridgehead atoms. The molecule has 3 heterocycles. The van der Waals surface area contributed by atoms with Crippen LogP contribution in [-0.4, -0.2) is 41.8 Å². The number of carbonyl (C=O) groups is 1. The van der Waals surface area contributed by atoms with Gasteiger partial charge in [-0.05, 0) is 13.0 Å². The fraction of sp³-hybridized carbons (Fsp3) is 0.412. The molecule has 0 saturated heterocycles. The standard InChI is InChI=1S/C17H23N7O/c1-12(2)16-19-5-7-23(16)10-14-8-15(22-21-14)17(25)20-9-13(3)24-6-4-18-11-24/h4-8,11-13H,9-10H2,1-3H3,(H,20,25)(H,21,22)/t13-/m1/s1. The molecular formula is C17H23N7O. The van der Waals surface area contributed by atoms with Crippen molar-refractivity contribution in [2.24, 2.45) is 0 Å². The van der Waals surface area contributed by atoms with Gasteiger partial charge in [0.2, 0.25) is 0 Å². The molecule has 0 aliphatic heterocycles. The number of H-pyrrole nitrogens is 1. The maximum atomic E-state index is 12.3. The molecule has 0 spiro atoms. The lowest BCUT2D eigenvalue weighted by molar-refractivity contribution is 0.0943. The number of hydrogen-bond acceptors (Lipinski definition) is 4. The minimum Gasteiger partial charge on any atom is -0.349 e. The first kappa shape index (κ1) is 16.9. The smallest absolute Gasteiger partial charge is 0.271 e. The van der Waals surface area contributed by atoms with Gasteiger partial charge >= 0.3 is 0 Å². The summed E-state index contributed by atoms with van der Waals surface area (Å²) in [5, 5.41) is 9.95. The van der Waals surface area contributed by atoms with Crippen molar-refractivity contribution in [3.63, 3.8) is 0 Å². The molecule has 1 atom stereocenters. The molecule has 8 nitrogen and oxygen atoms in total. The van der Waals surface area contributed by atoms with Crippen LogP contribution in [0.2, 0.25) is 0 Å². The average molecular weight is 341 g/mol. The van der Waals surface area contributed by atoms with Gasteiger partial charge in [-0.3, -0.25) is 9.89 Å².